The van der Waals surface area contributed by atoms with Gasteiger partial charge in [-0.15, -0.1) is 5.10 Å². The molecule has 0 bridgehead atoms. The number of carbonyl (C=O) groups excluding carboxylic acids is 1. The molecule has 0 unspecified atom stereocenters. The van der Waals surface area contributed by atoms with Gasteiger partial charge in [0.05, 0.1) is 18.4 Å². The molecule has 0 saturated heterocycles. The van der Waals surface area contributed by atoms with Gasteiger partial charge in [0, 0.05) is 12.0 Å². The van der Waals surface area contributed by atoms with E-state index in [2.05, 4.69) is 15.5 Å². The molecule has 1 aromatic heterocycles. The number of benzene rings is 1. The summed E-state index contributed by atoms with van der Waals surface area (Å²) in [6.45, 7) is 4.70. The van der Waals surface area contributed by atoms with Crippen LogP contribution in [0.4, 0.5) is 0 Å². The summed E-state index contributed by atoms with van der Waals surface area (Å²) in [4.78, 5) is 12.3. The lowest BCUT2D eigenvalue weighted by Gasteiger charge is -2.07. The molecule has 7 heteroatoms. The highest BCUT2D eigenvalue weighted by Gasteiger charge is 2.17. The van der Waals surface area contributed by atoms with Gasteiger partial charge in [0.25, 0.3) is 0 Å². The third kappa shape index (κ3) is 2.92. The molecule has 110 valence electrons. The average Bonchev–Trinajstić information content (AvgIpc) is 3.12. The molecule has 2 aromatic rings. The molecule has 0 spiro atoms. The number of rotatable bonds is 5. The Hall–Kier alpha value is -1.89. The molecule has 1 aliphatic rings. The van der Waals surface area contributed by atoms with Crippen molar-refractivity contribution >= 4 is 17.5 Å². The zero-order valence-corrected chi connectivity index (χ0v) is 12.8. The zero-order chi connectivity index (χ0) is 14.8. The minimum Gasteiger partial charge on any atom is -0.493 e. The van der Waals surface area contributed by atoms with Gasteiger partial charge in [-0.25, -0.2) is 4.68 Å². The van der Waals surface area contributed by atoms with Gasteiger partial charge in [0.2, 0.25) is 5.16 Å². The van der Waals surface area contributed by atoms with Gasteiger partial charge in [-0.1, -0.05) is 11.8 Å². The van der Waals surface area contributed by atoms with Gasteiger partial charge in [0.1, 0.15) is 5.75 Å². The number of tetrazole rings is 1. The average molecular weight is 304 g/mol. The summed E-state index contributed by atoms with van der Waals surface area (Å²) < 4.78 is 7.16. The number of fused-ring (bicyclic) bond motifs is 1. The van der Waals surface area contributed by atoms with E-state index in [1.807, 2.05) is 32.0 Å². The quantitative estimate of drug-likeness (QED) is 0.623. The van der Waals surface area contributed by atoms with Crippen LogP contribution in [0.15, 0.2) is 23.4 Å². The Labute approximate surface area is 126 Å². The second kappa shape index (κ2) is 5.85. The third-order valence-corrected chi connectivity index (χ3v) is 4.23. The zero-order valence-electron chi connectivity index (χ0n) is 11.9. The Morgan fingerprint density at radius 2 is 2.33 bits per heavy atom. The van der Waals surface area contributed by atoms with Crippen molar-refractivity contribution in [3.63, 3.8) is 0 Å². The van der Waals surface area contributed by atoms with E-state index in [0.717, 1.165) is 23.3 Å². The number of carbonyl (C=O) groups is 1. The van der Waals surface area contributed by atoms with Crippen LogP contribution < -0.4 is 4.74 Å². The summed E-state index contributed by atoms with van der Waals surface area (Å²) in [6.07, 6.45) is 0.870. The Morgan fingerprint density at radius 3 is 3.14 bits per heavy atom. The molecule has 3 rings (SSSR count). The van der Waals surface area contributed by atoms with Crippen LogP contribution in [0.25, 0.3) is 0 Å². The molecular weight excluding hydrogens is 288 g/mol. The first kappa shape index (κ1) is 14.1. The van der Waals surface area contributed by atoms with Crippen molar-refractivity contribution in [3.8, 4) is 5.75 Å². The van der Waals surface area contributed by atoms with Gasteiger partial charge in [-0.05, 0) is 48.0 Å². The highest BCUT2D eigenvalue weighted by molar-refractivity contribution is 7.99. The molecule has 0 radical (unpaired) electrons. The normalized spacial score (nSPS) is 13.3. The van der Waals surface area contributed by atoms with Gasteiger partial charge in [-0.3, -0.25) is 4.79 Å². The van der Waals surface area contributed by atoms with Crippen LogP contribution >= 0.6 is 11.8 Å². The molecular formula is C14H16N4O2S. The smallest absolute Gasteiger partial charge is 0.209 e. The van der Waals surface area contributed by atoms with Crippen LogP contribution in [-0.4, -0.2) is 38.4 Å². The van der Waals surface area contributed by atoms with Gasteiger partial charge in [0.15, 0.2) is 5.78 Å². The van der Waals surface area contributed by atoms with E-state index in [1.165, 1.54) is 11.8 Å². The minimum absolute atomic E-state index is 0.0769. The number of ketones is 1. The monoisotopic (exact) mass is 304 g/mol. The predicted octanol–water partition coefficient (Wildman–Crippen LogP) is 2.16. The minimum atomic E-state index is 0.0769. The van der Waals surface area contributed by atoms with E-state index in [9.17, 15) is 4.79 Å². The molecule has 0 atom stereocenters. The third-order valence-electron chi connectivity index (χ3n) is 3.30. The van der Waals surface area contributed by atoms with Gasteiger partial charge >= 0.3 is 0 Å². The fourth-order valence-electron chi connectivity index (χ4n) is 2.18. The lowest BCUT2D eigenvalue weighted by molar-refractivity contribution is 0.102. The highest BCUT2D eigenvalue weighted by atomic mass is 32.2. The van der Waals surface area contributed by atoms with Crippen LogP contribution in [0, 0.1) is 0 Å². The molecule has 0 N–H and O–H groups in total. The topological polar surface area (TPSA) is 69.9 Å². The van der Waals surface area contributed by atoms with Crippen LogP contribution in [0.1, 0.15) is 35.8 Å². The maximum Gasteiger partial charge on any atom is 0.209 e. The summed E-state index contributed by atoms with van der Waals surface area (Å²) in [5.41, 5.74) is 1.83. The molecule has 0 aliphatic carbocycles. The Morgan fingerprint density at radius 1 is 1.48 bits per heavy atom. The molecule has 1 aliphatic heterocycles. The second-order valence-electron chi connectivity index (χ2n) is 5.13. The van der Waals surface area contributed by atoms with Crippen molar-refractivity contribution in [3.05, 3.63) is 29.3 Å². The van der Waals surface area contributed by atoms with Crippen molar-refractivity contribution < 1.29 is 9.53 Å². The maximum absolute atomic E-state index is 12.3. The van der Waals surface area contributed by atoms with Crippen LogP contribution in [-0.2, 0) is 6.42 Å². The van der Waals surface area contributed by atoms with Gasteiger partial charge < -0.3 is 4.74 Å². The van der Waals surface area contributed by atoms with Crippen molar-refractivity contribution in [2.75, 3.05) is 12.4 Å². The molecule has 0 fully saturated rings. The van der Waals surface area contributed by atoms with E-state index >= 15 is 0 Å². The standard InChI is InChI=1S/C14H16N4O2S/c1-9(2)18-14(15-16-17-18)21-8-12(19)10-3-4-13-11(7-10)5-6-20-13/h3-4,7,9H,5-6,8H2,1-2H3. The van der Waals surface area contributed by atoms with E-state index in [-0.39, 0.29) is 11.8 Å². The van der Waals surface area contributed by atoms with E-state index < -0.39 is 0 Å². The maximum atomic E-state index is 12.3. The summed E-state index contributed by atoms with van der Waals surface area (Å²) in [6, 6.07) is 5.79. The van der Waals surface area contributed by atoms with Crippen molar-refractivity contribution in [1.29, 1.82) is 0 Å². The van der Waals surface area contributed by atoms with Crippen molar-refractivity contribution in [2.24, 2.45) is 0 Å². The van der Waals surface area contributed by atoms with Gasteiger partial charge in [-0.2, -0.15) is 0 Å². The number of nitrogens with zero attached hydrogens (tertiary/aromatic N) is 4. The fraction of sp³-hybridized carbons (Fsp3) is 0.429. The lowest BCUT2D eigenvalue weighted by Crippen LogP contribution is -2.07. The fourth-order valence-corrected chi connectivity index (χ4v) is 3.08. The first-order valence-electron chi connectivity index (χ1n) is 6.84. The Kier molecular flexibility index (Phi) is 3.92. The molecule has 0 amide bonds. The SMILES string of the molecule is CC(C)n1nnnc1SCC(=O)c1ccc2c(c1)CCO2. The number of ether oxygens (including phenoxy) is 1. The van der Waals surface area contributed by atoms with E-state index in [4.69, 9.17) is 4.74 Å². The Balaban J connectivity index is 1.68. The summed E-state index contributed by atoms with van der Waals surface area (Å²) in [5.74, 6) is 1.29. The first-order valence-corrected chi connectivity index (χ1v) is 7.83. The molecule has 6 nitrogen and oxygen atoms in total. The number of hydrogen-bond donors (Lipinski definition) is 0. The van der Waals surface area contributed by atoms with Crippen molar-refractivity contribution in [2.45, 2.75) is 31.5 Å². The largest absolute Gasteiger partial charge is 0.493 e. The number of hydrogen-bond acceptors (Lipinski definition) is 6. The summed E-state index contributed by atoms with van der Waals surface area (Å²) in [5, 5.41) is 12.2. The van der Waals surface area contributed by atoms with E-state index in [1.54, 1.807) is 4.68 Å². The van der Waals surface area contributed by atoms with E-state index in [0.29, 0.717) is 17.5 Å². The Bertz CT molecular complexity index is 669. The first-order chi connectivity index (χ1) is 10.1. The number of Topliss-reactive ketones (excluding diaryl/α,β-unsaturated/α-hetero) is 1. The number of aromatic nitrogens is 4. The molecule has 2 heterocycles. The molecule has 1 aromatic carbocycles. The molecule has 0 saturated carbocycles. The molecule has 21 heavy (non-hydrogen) atoms. The van der Waals surface area contributed by atoms with Crippen LogP contribution in [0.5, 0.6) is 5.75 Å². The van der Waals surface area contributed by atoms with Crippen molar-refractivity contribution in [1.82, 2.24) is 20.2 Å². The summed E-state index contributed by atoms with van der Waals surface area (Å²) in [7, 11) is 0. The lowest BCUT2D eigenvalue weighted by atomic mass is 10.1. The highest BCUT2D eigenvalue weighted by Crippen LogP contribution is 2.27. The second-order valence-corrected chi connectivity index (χ2v) is 6.08. The number of thioether (sulfide) groups is 1. The summed E-state index contributed by atoms with van der Waals surface area (Å²) >= 11 is 1.36. The predicted molar refractivity (Wildman–Crippen MR) is 78.9 cm³/mol. The van der Waals surface area contributed by atoms with Crippen LogP contribution in [0.2, 0.25) is 0 Å². The van der Waals surface area contributed by atoms with Crippen LogP contribution in [0.3, 0.4) is 0 Å².